The van der Waals surface area contributed by atoms with Gasteiger partial charge in [0, 0.05) is 51.2 Å². The van der Waals surface area contributed by atoms with Crippen molar-refractivity contribution in [1.29, 1.82) is 0 Å². The van der Waals surface area contributed by atoms with Crippen LogP contribution in [0.3, 0.4) is 0 Å². The van der Waals surface area contributed by atoms with Crippen LogP contribution < -0.4 is 10.5 Å². The first-order valence-electron chi connectivity index (χ1n) is 12.8. The number of nitrogens with zero attached hydrogens (tertiary/aromatic N) is 2. The molecule has 2 aromatic heterocycles. The van der Waals surface area contributed by atoms with Crippen LogP contribution in [0, 0.1) is 23.4 Å². The Morgan fingerprint density at radius 3 is 2.46 bits per heavy atom. The summed E-state index contributed by atoms with van der Waals surface area (Å²) < 4.78 is 60.1. The monoisotopic (exact) mass is 543 g/mol. The fourth-order valence-electron chi connectivity index (χ4n) is 5.35. The molecule has 0 spiro atoms. The molecule has 1 aromatic carbocycles. The first kappa shape index (κ1) is 28.7. The molecule has 1 fully saturated rings. The third-order valence-corrected chi connectivity index (χ3v) is 7.14. The van der Waals surface area contributed by atoms with E-state index in [-0.39, 0.29) is 55.1 Å². The van der Waals surface area contributed by atoms with Crippen LogP contribution in [-0.2, 0) is 15.9 Å². The van der Waals surface area contributed by atoms with Crippen molar-refractivity contribution in [1.82, 2.24) is 9.97 Å². The van der Waals surface area contributed by atoms with Crippen molar-refractivity contribution in [2.45, 2.75) is 44.2 Å². The Hall–Kier alpha value is -3.34. The molecule has 208 valence electrons. The minimum atomic E-state index is -1.06. The number of ketones is 1. The lowest BCUT2D eigenvalue weighted by Gasteiger charge is -2.38. The molecule has 0 bridgehead atoms. The van der Waals surface area contributed by atoms with Crippen molar-refractivity contribution in [3.63, 3.8) is 0 Å². The Balaban J connectivity index is 1.58. The van der Waals surface area contributed by atoms with Crippen molar-refractivity contribution in [3.05, 3.63) is 77.0 Å². The van der Waals surface area contributed by atoms with Crippen LogP contribution in [0.15, 0.2) is 42.7 Å². The average molecular weight is 544 g/mol. The zero-order chi connectivity index (χ0) is 28.1. The zero-order valence-corrected chi connectivity index (χ0v) is 22.1. The highest BCUT2D eigenvalue weighted by Crippen LogP contribution is 2.38. The molecule has 0 radical (unpaired) electrons. The number of hydrogen-bond acceptors (Lipinski definition) is 7. The van der Waals surface area contributed by atoms with Crippen LogP contribution >= 0.6 is 0 Å². The molecule has 39 heavy (non-hydrogen) atoms. The van der Waals surface area contributed by atoms with Crippen molar-refractivity contribution in [3.8, 4) is 17.0 Å². The third kappa shape index (κ3) is 6.46. The summed E-state index contributed by atoms with van der Waals surface area (Å²) in [5, 5.41) is 0. The summed E-state index contributed by atoms with van der Waals surface area (Å²) in [7, 11) is 3.12. The molecular weight excluding hydrogens is 511 g/mol. The Morgan fingerprint density at radius 1 is 1.05 bits per heavy atom. The van der Waals surface area contributed by atoms with Crippen molar-refractivity contribution in [2.75, 3.05) is 27.4 Å². The van der Waals surface area contributed by atoms with Crippen molar-refractivity contribution >= 4 is 5.78 Å². The van der Waals surface area contributed by atoms with Crippen LogP contribution in [0.4, 0.5) is 13.2 Å². The first-order valence-corrected chi connectivity index (χ1v) is 12.8. The Labute approximate surface area is 225 Å². The fraction of sp³-hybridized carbons (Fsp3) is 0.414. The Bertz CT molecular complexity index is 1290. The van der Waals surface area contributed by atoms with Gasteiger partial charge in [0.25, 0.3) is 0 Å². The van der Waals surface area contributed by atoms with Crippen LogP contribution in [0.1, 0.15) is 47.3 Å². The minimum Gasteiger partial charge on any atom is -0.491 e. The van der Waals surface area contributed by atoms with Crippen molar-refractivity contribution in [2.24, 2.45) is 11.7 Å². The number of aromatic nitrogens is 2. The number of carbonyl (C=O) groups excluding carboxylic acids is 1. The molecule has 0 aliphatic heterocycles. The van der Waals surface area contributed by atoms with Gasteiger partial charge in [0.1, 0.15) is 41.2 Å². The molecule has 3 aromatic rings. The zero-order valence-electron chi connectivity index (χ0n) is 22.1. The van der Waals surface area contributed by atoms with Gasteiger partial charge in [-0.05, 0) is 54.0 Å². The second-order valence-electron chi connectivity index (χ2n) is 9.81. The number of pyridine rings is 2. The number of rotatable bonds is 10. The lowest BCUT2D eigenvalue weighted by molar-refractivity contribution is 0.00970. The van der Waals surface area contributed by atoms with Gasteiger partial charge in [-0.2, -0.15) is 0 Å². The van der Waals surface area contributed by atoms with E-state index in [1.807, 2.05) is 6.07 Å². The molecule has 4 rings (SSSR count). The molecule has 1 aliphatic carbocycles. The summed E-state index contributed by atoms with van der Waals surface area (Å²) >= 11 is 0. The van der Waals surface area contributed by atoms with Crippen LogP contribution in [0.2, 0.25) is 0 Å². The highest BCUT2D eigenvalue weighted by Gasteiger charge is 2.35. The van der Waals surface area contributed by atoms with Crippen LogP contribution in [0.5, 0.6) is 5.75 Å². The summed E-state index contributed by atoms with van der Waals surface area (Å²) in [6.07, 6.45) is 4.72. The molecule has 10 heteroatoms. The van der Waals surface area contributed by atoms with Gasteiger partial charge >= 0.3 is 0 Å². The van der Waals surface area contributed by atoms with Gasteiger partial charge in [0.15, 0.2) is 5.78 Å². The minimum absolute atomic E-state index is 0.0400. The van der Waals surface area contributed by atoms with E-state index in [1.54, 1.807) is 19.5 Å². The highest BCUT2D eigenvalue weighted by atomic mass is 19.1. The van der Waals surface area contributed by atoms with Gasteiger partial charge < -0.3 is 19.9 Å². The number of hydrogen-bond donors (Lipinski definition) is 1. The van der Waals surface area contributed by atoms with Crippen LogP contribution in [0.25, 0.3) is 11.3 Å². The van der Waals surface area contributed by atoms with Gasteiger partial charge in [-0.25, -0.2) is 18.2 Å². The fourth-order valence-corrected chi connectivity index (χ4v) is 5.35. The predicted octanol–water partition coefficient (Wildman–Crippen LogP) is 4.87. The third-order valence-electron chi connectivity index (χ3n) is 7.14. The molecular formula is C29H32F3N3O4. The second-order valence-corrected chi connectivity index (χ2v) is 9.81. The molecule has 2 heterocycles. The molecule has 2 N–H and O–H groups in total. The summed E-state index contributed by atoms with van der Waals surface area (Å²) in [5.41, 5.74) is 6.64. The van der Waals surface area contributed by atoms with E-state index < -0.39 is 34.5 Å². The maximum atomic E-state index is 14.9. The summed E-state index contributed by atoms with van der Waals surface area (Å²) in [4.78, 5) is 21.5. The number of halogens is 3. The molecule has 1 saturated carbocycles. The van der Waals surface area contributed by atoms with E-state index in [1.165, 1.54) is 13.2 Å². The number of Topliss-reactive ketones (excluding diaryl/α,β-unsaturated/α-hetero) is 1. The lowest BCUT2D eigenvalue weighted by atomic mass is 9.73. The summed E-state index contributed by atoms with van der Waals surface area (Å²) in [6, 6.07) is 5.80. The van der Waals surface area contributed by atoms with Gasteiger partial charge in [-0.1, -0.05) is 6.92 Å². The molecule has 0 amide bonds. The SMILES string of the molecule is COCCOc1cc(F)c(-c2nc(C(=O)Cc3cnccc3[C@H]3C[C@@H](N)[C@H](OC)[C@@H](C)C3)ccc2F)c(F)c1. The number of nitrogens with two attached hydrogens (primary N) is 1. The topological polar surface area (TPSA) is 96.6 Å². The number of carbonyl (C=O) groups is 1. The maximum Gasteiger partial charge on any atom is 0.185 e. The lowest BCUT2D eigenvalue weighted by Crippen LogP contribution is -2.45. The molecule has 7 nitrogen and oxygen atoms in total. The van der Waals surface area contributed by atoms with Gasteiger partial charge in [0.05, 0.1) is 18.3 Å². The normalized spacial score (nSPS) is 21.1. The number of methoxy groups -OCH3 is 2. The van der Waals surface area contributed by atoms with E-state index in [0.29, 0.717) is 12.0 Å². The van der Waals surface area contributed by atoms with Gasteiger partial charge in [0.2, 0.25) is 0 Å². The quantitative estimate of drug-likeness (QED) is 0.288. The van der Waals surface area contributed by atoms with Crippen LogP contribution in [-0.4, -0.2) is 55.3 Å². The highest BCUT2D eigenvalue weighted by molar-refractivity contribution is 5.96. The second kappa shape index (κ2) is 12.7. The number of ether oxygens (including phenoxy) is 3. The van der Waals surface area contributed by atoms with E-state index in [9.17, 15) is 18.0 Å². The van der Waals surface area contributed by atoms with E-state index in [4.69, 9.17) is 19.9 Å². The first-order chi connectivity index (χ1) is 18.7. The maximum absolute atomic E-state index is 14.9. The van der Waals surface area contributed by atoms with Crippen molar-refractivity contribution < 1.29 is 32.2 Å². The Morgan fingerprint density at radius 2 is 1.79 bits per heavy atom. The largest absolute Gasteiger partial charge is 0.491 e. The molecule has 0 saturated heterocycles. The van der Waals surface area contributed by atoms with E-state index in [0.717, 1.165) is 30.2 Å². The number of benzene rings is 1. The molecule has 1 aliphatic rings. The summed E-state index contributed by atoms with van der Waals surface area (Å²) in [5.74, 6) is -3.27. The molecule has 4 atom stereocenters. The Kier molecular flexibility index (Phi) is 9.32. The summed E-state index contributed by atoms with van der Waals surface area (Å²) in [6.45, 7) is 2.40. The van der Waals surface area contributed by atoms with Gasteiger partial charge in [-0.15, -0.1) is 0 Å². The standard InChI is InChI=1S/C29H32F3N3O4/c1-16-10-17(11-24(33)29(16)38-3)20-6-7-34-15-18(20)12-26(36)25-5-4-21(30)28(35-25)27-22(31)13-19(14-23(27)32)39-9-8-37-2/h4-7,13-17,24,29H,8-12,33H2,1-3H3/t16-,17+,24+,29+/m0/s1. The predicted molar refractivity (Wildman–Crippen MR) is 139 cm³/mol. The van der Waals surface area contributed by atoms with E-state index >= 15 is 0 Å². The molecule has 0 unspecified atom stereocenters. The van der Waals surface area contributed by atoms with Gasteiger partial charge in [-0.3, -0.25) is 9.78 Å². The van der Waals surface area contributed by atoms with E-state index in [2.05, 4.69) is 16.9 Å². The average Bonchev–Trinajstić information content (AvgIpc) is 2.89. The smallest absolute Gasteiger partial charge is 0.185 e.